The summed E-state index contributed by atoms with van der Waals surface area (Å²) >= 11 is 0. The lowest BCUT2D eigenvalue weighted by molar-refractivity contribution is -0.158. The SMILES string of the molecule is CCCCCCCCCC(C(=O)OCCCCC)N1C(=O)C=CC1=O. The van der Waals surface area contributed by atoms with Crippen LogP contribution in [0.4, 0.5) is 0 Å². The maximum Gasteiger partial charge on any atom is 0.329 e. The van der Waals surface area contributed by atoms with Gasteiger partial charge in [0.1, 0.15) is 6.04 Å². The lowest BCUT2D eigenvalue weighted by Gasteiger charge is -2.24. The summed E-state index contributed by atoms with van der Waals surface area (Å²) in [5.41, 5.74) is 0. The van der Waals surface area contributed by atoms with Gasteiger partial charge in [-0.15, -0.1) is 0 Å². The Morgan fingerprint density at radius 1 is 0.880 bits per heavy atom. The quantitative estimate of drug-likeness (QED) is 0.268. The summed E-state index contributed by atoms with van der Waals surface area (Å²) in [6.45, 7) is 4.62. The van der Waals surface area contributed by atoms with E-state index in [2.05, 4.69) is 13.8 Å². The summed E-state index contributed by atoms with van der Waals surface area (Å²) in [4.78, 5) is 37.3. The van der Waals surface area contributed by atoms with E-state index >= 15 is 0 Å². The Morgan fingerprint density at radius 3 is 2.00 bits per heavy atom. The third-order valence-corrected chi connectivity index (χ3v) is 4.50. The second-order valence-electron chi connectivity index (χ2n) is 6.68. The average Bonchev–Trinajstić information content (AvgIpc) is 2.93. The highest BCUT2D eigenvalue weighted by Gasteiger charge is 2.36. The molecule has 0 saturated carbocycles. The fraction of sp³-hybridized carbons (Fsp3) is 0.750. The molecule has 5 nitrogen and oxygen atoms in total. The van der Waals surface area contributed by atoms with E-state index in [0.29, 0.717) is 13.0 Å². The Labute approximate surface area is 151 Å². The molecule has 142 valence electrons. The predicted octanol–water partition coefficient (Wildman–Crippen LogP) is 4.15. The molecule has 25 heavy (non-hydrogen) atoms. The van der Waals surface area contributed by atoms with Gasteiger partial charge >= 0.3 is 5.97 Å². The topological polar surface area (TPSA) is 63.7 Å². The molecular weight excluding hydrogens is 318 g/mol. The number of unbranched alkanes of at least 4 members (excludes halogenated alkanes) is 8. The molecule has 0 bridgehead atoms. The molecule has 0 spiro atoms. The molecule has 0 aromatic carbocycles. The van der Waals surface area contributed by atoms with Crippen molar-refractivity contribution in [1.82, 2.24) is 4.90 Å². The van der Waals surface area contributed by atoms with Gasteiger partial charge in [0.15, 0.2) is 0 Å². The van der Waals surface area contributed by atoms with Gasteiger partial charge in [-0.05, 0) is 12.8 Å². The minimum absolute atomic E-state index is 0.351. The molecule has 1 rings (SSSR count). The number of hydrogen-bond acceptors (Lipinski definition) is 4. The Balaban J connectivity index is 2.46. The first-order valence-corrected chi connectivity index (χ1v) is 9.83. The molecule has 1 unspecified atom stereocenters. The molecule has 1 aliphatic rings. The van der Waals surface area contributed by atoms with Crippen molar-refractivity contribution >= 4 is 17.8 Å². The summed E-state index contributed by atoms with van der Waals surface area (Å²) in [5.74, 6) is -1.28. The first kappa shape index (κ1) is 21.4. The number of nitrogens with zero attached hydrogens (tertiary/aromatic N) is 1. The minimum atomic E-state index is -0.785. The van der Waals surface area contributed by atoms with Gasteiger partial charge in [0.25, 0.3) is 11.8 Å². The molecule has 2 amide bonds. The van der Waals surface area contributed by atoms with Crippen molar-refractivity contribution in [3.8, 4) is 0 Å². The van der Waals surface area contributed by atoms with Crippen LogP contribution in [0.25, 0.3) is 0 Å². The molecule has 0 N–H and O–H groups in total. The molecule has 0 aromatic heterocycles. The van der Waals surface area contributed by atoms with E-state index in [1.54, 1.807) is 0 Å². The number of hydrogen-bond donors (Lipinski definition) is 0. The Morgan fingerprint density at radius 2 is 1.40 bits per heavy atom. The van der Waals surface area contributed by atoms with Crippen LogP contribution in [-0.2, 0) is 19.1 Å². The highest BCUT2D eigenvalue weighted by molar-refractivity contribution is 6.14. The zero-order valence-corrected chi connectivity index (χ0v) is 15.8. The lowest BCUT2D eigenvalue weighted by Crippen LogP contribution is -2.45. The van der Waals surface area contributed by atoms with Crippen LogP contribution in [0.3, 0.4) is 0 Å². The summed E-state index contributed by atoms with van der Waals surface area (Å²) < 4.78 is 5.31. The molecule has 0 fully saturated rings. The summed E-state index contributed by atoms with van der Waals surface area (Å²) in [6, 6.07) is -0.785. The molecule has 0 radical (unpaired) electrons. The van der Waals surface area contributed by atoms with Crippen LogP contribution in [-0.4, -0.2) is 35.3 Å². The molecule has 0 aromatic rings. The van der Waals surface area contributed by atoms with Crippen molar-refractivity contribution in [3.63, 3.8) is 0 Å². The number of carbonyl (C=O) groups excluding carboxylic acids is 3. The van der Waals surface area contributed by atoms with Gasteiger partial charge in [0.2, 0.25) is 0 Å². The van der Waals surface area contributed by atoms with Crippen molar-refractivity contribution in [2.45, 2.75) is 90.5 Å². The number of imide groups is 1. The van der Waals surface area contributed by atoms with Gasteiger partial charge in [0.05, 0.1) is 6.61 Å². The number of ether oxygens (including phenoxy) is 1. The van der Waals surface area contributed by atoms with Gasteiger partial charge in [-0.1, -0.05) is 71.6 Å². The maximum atomic E-state index is 12.4. The van der Waals surface area contributed by atoms with Gasteiger partial charge in [-0.25, -0.2) is 4.79 Å². The van der Waals surface area contributed by atoms with Crippen molar-refractivity contribution in [3.05, 3.63) is 12.2 Å². The van der Waals surface area contributed by atoms with Crippen molar-refractivity contribution < 1.29 is 19.1 Å². The molecule has 1 aliphatic heterocycles. The van der Waals surface area contributed by atoms with Crippen LogP contribution >= 0.6 is 0 Å². The summed E-state index contributed by atoms with van der Waals surface area (Å²) in [5, 5.41) is 0. The number of esters is 1. The third-order valence-electron chi connectivity index (χ3n) is 4.50. The van der Waals surface area contributed by atoms with Gasteiger partial charge in [-0.2, -0.15) is 0 Å². The number of amides is 2. The Kier molecular flexibility index (Phi) is 10.8. The van der Waals surface area contributed by atoms with Crippen molar-refractivity contribution in [1.29, 1.82) is 0 Å². The number of carbonyl (C=O) groups is 3. The zero-order chi connectivity index (χ0) is 18.5. The van der Waals surface area contributed by atoms with Crippen molar-refractivity contribution in [2.24, 2.45) is 0 Å². The largest absolute Gasteiger partial charge is 0.464 e. The van der Waals surface area contributed by atoms with Crippen LogP contribution in [0.5, 0.6) is 0 Å². The first-order valence-electron chi connectivity index (χ1n) is 9.83. The van der Waals surface area contributed by atoms with Crippen LogP contribution in [0, 0.1) is 0 Å². The smallest absolute Gasteiger partial charge is 0.329 e. The van der Waals surface area contributed by atoms with Crippen LogP contribution in [0.1, 0.15) is 84.5 Å². The fourth-order valence-electron chi connectivity index (χ4n) is 2.99. The van der Waals surface area contributed by atoms with E-state index in [4.69, 9.17) is 4.74 Å². The fourth-order valence-corrected chi connectivity index (χ4v) is 2.99. The summed E-state index contributed by atoms with van der Waals surface area (Å²) in [7, 11) is 0. The standard InChI is InChI=1S/C20H33NO4/c1-3-5-7-8-9-10-11-13-17(20(24)25-16-12-6-4-2)21-18(22)14-15-19(21)23/h14-15,17H,3-13,16H2,1-2H3. The molecule has 0 aliphatic carbocycles. The third kappa shape index (κ3) is 7.84. The molecule has 0 saturated heterocycles. The van der Waals surface area contributed by atoms with E-state index in [0.717, 1.165) is 43.4 Å². The zero-order valence-electron chi connectivity index (χ0n) is 15.8. The van der Waals surface area contributed by atoms with Gasteiger partial charge in [-0.3, -0.25) is 14.5 Å². The average molecular weight is 351 g/mol. The molecular formula is C20H33NO4. The number of rotatable bonds is 14. The highest BCUT2D eigenvalue weighted by atomic mass is 16.5. The summed E-state index contributed by atoms with van der Waals surface area (Å²) in [6.07, 6.45) is 13.7. The van der Waals surface area contributed by atoms with E-state index in [9.17, 15) is 14.4 Å². The second kappa shape index (κ2) is 12.7. The van der Waals surface area contributed by atoms with Crippen LogP contribution in [0.2, 0.25) is 0 Å². The molecule has 5 heteroatoms. The Bertz CT molecular complexity index is 441. The van der Waals surface area contributed by atoms with E-state index in [1.165, 1.54) is 37.8 Å². The van der Waals surface area contributed by atoms with E-state index in [1.807, 2.05) is 0 Å². The van der Waals surface area contributed by atoms with E-state index < -0.39 is 23.8 Å². The molecule has 1 heterocycles. The molecule has 1 atom stereocenters. The van der Waals surface area contributed by atoms with Crippen LogP contribution in [0.15, 0.2) is 12.2 Å². The monoisotopic (exact) mass is 351 g/mol. The van der Waals surface area contributed by atoms with Gasteiger partial charge in [0, 0.05) is 12.2 Å². The van der Waals surface area contributed by atoms with Crippen LogP contribution < -0.4 is 0 Å². The minimum Gasteiger partial charge on any atom is -0.464 e. The lowest BCUT2D eigenvalue weighted by atomic mass is 10.0. The Hall–Kier alpha value is -1.65. The van der Waals surface area contributed by atoms with Crippen molar-refractivity contribution in [2.75, 3.05) is 6.61 Å². The highest BCUT2D eigenvalue weighted by Crippen LogP contribution is 2.18. The van der Waals surface area contributed by atoms with E-state index in [-0.39, 0.29) is 0 Å². The predicted molar refractivity (Wildman–Crippen MR) is 97.9 cm³/mol. The van der Waals surface area contributed by atoms with Gasteiger partial charge < -0.3 is 4.74 Å². The normalized spacial score (nSPS) is 15.0. The maximum absolute atomic E-state index is 12.4. The first-order chi connectivity index (χ1) is 12.1. The second-order valence-corrected chi connectivity index (χ2v) is 6.68.